The number of alkyl halides is 3. The van der Waals surface area contributed by atoms with E-state index in [1.807, 2.05) is 6.07 Å². The standard InChI is InChI=1S/C21H32Cl3N3OS/c1-4-7-8-9-10-14-17(28)25-19(21(22,23)24)27-20(29)26-18-15(5-2)12-11-13-16(18)6-3/h11-13,19H,4-10,14H2,1-3H3,(H,25,28)(H2,26,27,29). The molecule has 4 nitrogen and oxygen atoms in total. The molecule has 1 aromatic rings. The number of para-hydroxylation sites is 1. The molecule has 0 saturated carbocycles. The monoisotopic (exact) mass is 479 g/mol. The van der Waals surface area contributed by atoms with Crippen LogP contribution in [0.5, 0.6) is 0 Å². The van der Waals surface area contributed by atoms with Crippen LogP contribution in [0.1, 0.15) is 70.4 Å². The SMILES string of the molecule is CCCCCCCC(=O)NC(NC(=S)Nc1c(CC)cccc1CC)C(Cl)(Cl)Cl. The van der Waals surface area contributed by atoms with Gasteiger partial charge in [0, 0.05) is 12.1 Å². The first kappa shape index (κ1) is 26.3. The molecule has 0 heterocycles. The minimum atomic E-state index is -1.75. The van der Waals surface area contributed by atoms with Gasteiger partial charge in [-0.05, 0) is 42.6 Å². The van der Waals surface area contributed by atoms with Crippen LogP contribution in [0.4, 0.5) is 5.69 Å². The molecular weight excluding hydrogens is 449 g/mol. The van der Waals surface area contributed by atoms with Gasteiger partial charge in [0.1, 0.15) is 6.17 Å². The summed E-state index contributed by atoms with van der Waals surface area (Å²) < 4.78 is -1.75. The Morgan fingerprint density at radius 1 is 1.00 bits per heavy atom. The summed E-state index contributed by atoms with van der Waals surface area (Å²) in [5.74, 6) is -0.170. The number of nitrogens with one attached hydrogen (secondary N) is 3. The van der Waals surface area contributed by atoms with Crippen molar-refractivity contribution in [2.75, 3.05) is 5.32 Å². The summed E-state index contributed by atoms with van der Waals surface area (Å²) in [4.78, 5) is 12.3. The maximum Gasteiger partial charge on any atom is 0.228 e. The molecule has 0 spiro atoms. The van der Waals surface area contributed by atoms with E-state index in [-0.39, 0.29) is 5.91 Å². The van der Waals surface area contributed by atoms with Crippen molar-refractivity contribution in [2.24, 2.45) is 0 Å². The molecule has 0 aliphatic heterocycles. The normalized spacial score (nSPS) is 12.3. The molecule has 0 fully saturated rings. The Balaban J connectivity index is 2.72. The third kappa shape index (κ3) is 9.73. The minimum absolute atomic E-state index is 0.170. The molecular formula is C21H32Cl3N3OS. The summed E-state index contributed by atoms with van der Waals surface area (Å²) in [5.41, 5.74) is 3.26. The van der Waals surface area contributed by atoms with Gasteiger partial charge in [0.25, 0.3) is 0 Å². The average molecular weight is 481 g/mol. The summed E-state index contributed by atoms with van der Waals surface area (Å²) in [6.07, 6.45) is 6.47. The van der Waals surface area contributed by atoms with E-state index in [2.05, 4.69) is 48.9 Å². The summed E-state index contributed by atoms with van der Waals surface area (Å²) in [7, 11) is 0. The van der Waals surface area contributed by atoms with E-state index < -0.39 is 9.96 Å². The molecule has 8 heteroatoms. The first-order valence-corrected chi connectivity index (χ1v) is 11.8. The number of thiocarbonyl (C=S) groups is 1. The molecule has 1 amide bonds. The van der Waals surface area contributed by atoms with Crippen molar-refractivity contribution >= 4 is 63.7 Å². The molecule has 0 radical (unpaired) electrons. The van der Waals surface area contributed by atoms with E-state index in [1.165, 1.54) is 6.42 Å². The van der Waals surface area contributed by atoms with Gasteiger partial charge in [-0.2, -0.15) is 0 Å². The lowest BCUT2D eigenvalue weighted by atomic mass is 10.0. The van der Waals surface area contributed by atoms with Crippen molar-refractivity contribution in [3.8, 4) is 0 Å². The Hall–Kier alpha value is -0.750. The summed E-state index contributed by atoms with van der Waals surface area (Å²) in [6.45, 7) is 6.33. The average Bonchev–Trinajstić information content (AvgIpc) is 2.66. The molecule has 29 heavy (non-hydrogen) atoms. The Bertz CT molecular complexity index is 643. The van der Waals surface area contributed by atoms with Gasteiger partial charge in [-0.25, -0.2) is 0 Å². The highest BCUT2D eigenvalue weighted by molar-refractivity contribution is 7.80. The Labute approximate surface area is 195 Å². The maximum atomic E-state index is 12.3. The highest BCUT2D eigenvalue weighted by atomic mass is 35.6. The van der Waals surface area contributed by atoms with Gasteiger partial charge in [0.05, 0.1) is 0 Å². The summed E-state index contributed by atoms with van der Waals surface area (Å²) >= 11 is 23.7. The lowest BCUT2D eigenvalue weighted by Gasteiger charge is -2.28. The molecule has 3 N–H and O–H groups in total. The number of hydrogen-bond donors (Lipinski definition) is 3. The molecule has 0 aromatic heterocycles. The molecule has 0 bridgehead atoms. The smallest absolute Gasteiger partial charge is 0.228 e. The van der Waals surface area contributed by atoms with Gasteiger partial charge in [0.2, 0.25) is 9.70 Å². The molecule has 0 saturated heterocycles. The van der Waals surface area contributed by atoms with E-state index in [1.54, 1.807) is 0 Å². The lowest BCUT2D eigenvalue weighted by molar-refractivity contribution is -0.122. The predicted octanol–water partition coefficient (Wildman–Crippen LogP) is 6.27. The van der Waals surface area contributed by atoms with Crippen molar-refractivity contribution in [3.63, 3.8) is 0 Å². The van der Waals surface area contributed by atoms with Crippen molar-refractivity contribution in [3.05, 3.63) is 29.3 Å². The van der Waals surface area contributed by atoms with Gasteiger partial charge < -0.3 is 16.0 Å². The molecule has 1 atom stereocenters. The zero-order valence-electron chi connectivity index (χ0n) is 17.4. The van der Waals surface area contributed by atoms with E-state index in [0.29, 0.717) is 11.5 Å². The number of carbonyl (C=O) groups is 1. The molecule has 1 aromatic carbocycles. The predicted molar refractivity (Wildman–Crippen MR) is 130 cm³/mol. The lowest BCUT2D eigenvalue weighted by Crippen LogP contribution is -2.56. The van der Waals surface area contributed by atoms with Gasteiger partial charge >= 0.3 is 0 Å². The van der Waals surface area contributed by atoms with Crippen molar-refractivity contribution in [1.29, 1.82) is 0 Å². The van der Waals surface area contributed by atoms with E-state index in [0.717, 1.165) is 55.3 Å². The Kier molecular flexibility index (Phi) is 12.3. The fourth-order valence-electron chi connectivity index (χ4n) is 3.01. The summed E-state index contributed by atoms with van der Waals surface area (Å²) in [5, 5.41) is 9.20. The molecule has 164 valence electrons. The Morgan fingerprint density at radius 3 is 2.10 bits per heavy atom. The molecule has 0 aliphatic carbocycles. The van der Waals surface area contributed by atoms with Crippen LogP contribution in [0, 0.1) is 0 Å². The maximum absolute atomic E-state index is 12.3. The van der Waals surface area contributed by atoms with Crippen LogP contribution < -0.4 is 16.0 Å². The number of unbranched alkanes of at least 4 members (excludes halogenated alkanes) is 4. The van der Waals surface area contributed by atoms with Crippen LogP contribution in [-0.2, 0) is 17.6 Å². The third-order valence-electron chi connectivity index (χ3n) is 4.65. The second-order valence-electron chi connectivity index (χ2n) is 6.96. The number of aryl methyl sites for hydroxylation is 2. The van der Waals surface area contributed by atoms with E-state index >= 15 is 0 Å². The first-order chi connectivity index (χ1) is 13.7. The number of hydrogen-bond acceptors (Lipinski definition) is 2. The second-order valence-corrected chi connectivity index (χ2v) is 9.74. The quantitative estimate of drug-likeness (QED) is 0.151. The highest BCUT2D eigenvalue weighted by Gasteiger charge is 2.34. The zero-order chi connectivity index (χ0) is 21.9. The van der Waals surface area contributed by atoms with Gasteiger partial charge in [-0.1, -0.05) is 99.5 Å². The number of anilines is 1. The van der Waals surface area contributed by atoms with Crippen LogP contribution in [0.2, 0.25) is 0 Å². The number of rotatable bonds is 11. The van der Waals surface area contributed by atoms with Gasteiger partial charge in [-0.3, -0.25) is 4.79 Å². The third-order valence-corrected chi connectivity index (χ3v) is 5.53. The summed E-state index contributed by atoms with van der Waals surface area (Å²) in [6, 6.07) is 6.14. The van der Waals surface area contributed by atoms with Crippen LogP contribution >= 0.6 is 47.0 Å². The first-order valence-electron chi connectivity index (χ1n) is 10.3. The zero-order valence-corrected chi connectivity index (χ0v) is 20.5. The van der Waals surface area contributed by atoms with Crippen LogP contribution in [0.3, 0.4) is 0 Å². The van der Waals surface area contributed by atoms with Crippen molar-refractivity contribution < 1.29 is 4.79 Å². The van der Waals surface area contributed by atoms with Crippen LogP contribution in [0.15, 0.2) is 18.2 Å². The van der Waals surface area contributed by atoms with Crippen LogP contribution in [-0.4, -0.2) is 21.0 Å². The fourth-order valence-corrected chi connectivity index (χ4v) is 3.55. The number of amides is 1. The van der Waals surface area contributed by atoms with Crippen LogP contribution in [0.25, 0.3) is 0 Å². The van der Waals surface area contributed by atoms with Gasteiger partial charge in [-0.15, -0.1) is 0 Å². The van der Waals surface area contributed by atoms with Gasteiger partial charge in [0.15, 0.2) is 5.11 Å². The highest BCUT2D eigenvalue weighted by Crippen LogP contribution is 2.29. The minimum Gasteiger partial charge on any atom is -0.339 e. The number of benzene rings is 1. The Morgan fingerprint density at radius 2 is 1.59 bits per heavy atom. The molecule has 1 rings (SSSR count). The van der Waals surface area contributed by atoms with Crippen molar-refractivity contribution in [2.45, 2.75) is 82.1 Å². The number of carbonyl (C=O) groups excluding carboxylic acids is 1. The van der Waals surface area contributed by atoms with E-state index in [9.17, 15) is 4.79 Å². The van der Waals surface area contributed by atoms with E-state index in [4.69, 9.17) is 47.0 Å². The topological polar surface area (TPSA) is 53.2 Å². The number of halogens is 3. The second kappa shape index (κ2) is 13.5. The largest absolute Gasteiger partial charge is 0.339 e. The molecule has 1 unspecified atom stereocenters. The fraction of sp³-hybridized carbons (Fsp3) is 0.619. The van der Waals surface area contributed by atoms with Crippen molar-refractivity contribution in [1.82, 2.24) is 10.6 Å². The molecule has 0 aliphatic rings.